The molecule has 0 saturated carbocycles. The van der Waals surface area contributed by atoms with Gasteiger partial charge in [-0.2, -0.15) is 9.40 Å². The highest BCUT2D eigenvalue weighted by molar-refractivity contribution is 7.89. The normalized spacial score (nSPS) is 19.6. The van der Waals surface area contributed by atoms with E-state index in [2.05, 4.69) is 10.1 Å². The predicted molar refractivity (Wildman–Crippen MR) is 89.6 cm³/mol. The molecule has 2 saturated heterocycles. The third-order valence-electron chi connectivity index (χ3n) is 4.87. The molecule has 0 bridgehead atoms. The van der Waals surface area contributed by atoms with Crippen LogP contribution < -0.4 is 4.90 Å². The van der Waals surface area contributed by atoms with Crippen LogP contribution in [0.25, 0.3) is 0 Å². The Bertz CT molecular complexity index is 905. The van der Waals surface area contributed by atoms with Crippen LogP contribution in [0, 0.1) is 6.92 Å². The summed E-state index contributed by atoms with van der Waals surface area (Å²) in [4.78, 5) is 17.6. The van der Waals surface area contributed by atoms with Gasteiger partial charge in [0.25, 0.3) is 10.0 Å². The number of hydrogen-bond acceptors (Lipinski definition) is 5. The first-order chi connectivity index (χ1) is 11.9. The van der Waals surface area contributed by atoms with Crippen molar-refractivity contribution in [2.45, 2.75) is 30.8 Å². The zero-order valence-electron chi connectivity index (χ0n) is 14.2. The van der Waals surface area contributed by atoms with Crippen LogP contribution in [-0.4, -0.2) is 57.6 Å². The van der Waals surface area contributed by atoms with Gasteiger partial charge in [-0.15, -0.1) is 0 Å². The molecule has 2 aliphatic rings. The van der Waals surface area contributed by atoms with Crippen LogP contribution in [0.4, 0.5) is 5.69 Å². The molecule has 0 radical (unpaired) electrons. The van der Waals surface area contributed by atoms with Crippen molar-refractivity contribution in [1.82, 2.24) is 23.6 Å². The molecule has 2 aromatic rings. The monoisotopic (exact) mass is 364 g/mol. The molecular weight excluding hydrogens is 344 g/mol. The van der Waals surface area contributed by atoms with Crippen molar-refractivity contribution in [3.8, 4) is 0 Å². The highest BCUT2D eigenvalue weighted by Gasteiger charge is 2.39. The van der Waals surface area contributed by atoms with Crippen molar-refractivity contribution in [1.29, 1.82) is 0 Å². The molecular formula is C15H20N6O3S. The number of sulfonamides is 1. The number of aryl methyl sites for hydroxylation is 2. The van der Waals surface area contributed by atoms with Gasteiger partial charge in [0.2, 0.25) is 5.91 Å². The van der Waals surface area contributed by atoms with Crippen molar-refractivity contribution in [2.75, 3.05) is 24.5 Å². The minimum absolute atomic E-state index is 0.0222. The molecule has 10 heteroatoms. The van der Waals surface area contributed by atoms with Crippen molar-refractivity contribution in [3.63, 3.8) is 0 Å². The molecule has 0 aromatic carbocycles. The molecule has 0 atom stereocenters. The van der Waals surface area contributed by atoms with Crippen molar-refractivity contribution in [3.05, 3.63) is 24.4 Å². The Morgan fingerprint density at radius 3 is 2.60 bits per heavy atom. The van der Waals surface area contributed by atoms with Crippen LogP contribution in [0.15, 0.2) is 23.6 Å². The maximum atomic E-state index is 12.6. The molecule has 0 aliphatic carbocycles. The Balaban J connectivity index is 1.45. The first-order valence-electron chi connectivity index (χ1n) is 8.21. The van der Waals surface area contributed by atoms with Crippen molar-refractivity contribution in [2.24, 2.45) is 7.05 Å². The lowest BCUT2D eigenvalue weighted by molar-refractivity contribution is -0.117. The first kappa shape index (κ1) is 16.3. The van der Waals surface area contributed by atoms with Crippen molar-refractivity contribution < 1.29 is 13.2 Å². The Labute approximate surface area is 145 Å². The van der Waals surface area contributed by atoms with Crippen LogP contribution >= 0.6 is 0 Å². The summed E-state index contributed by atoms with van der Waals surface area (Å²) in [5.74, 6) is 0.769. The third kappa shape index (κ3) is 2.65. The maximum Gasteiger partial charge on any atom is 0.262 e. The Morgan fingerprint density at radius 1 is 1.24 bits per heavy atom. The number of carbonyl (C=O) groups is 1. The maximum absolute atomic E-state index is 12.6. The number of amides is 1. The van der Waals surface area contributed by atoms with Crippen molar-refractivity contribution >= 4 is 21.6 Å². The molecule has 2 aromatic heterocycles. The number of imidazole rings is 1. The van der Waals surface area contributed by atoms with Crippen LogP contribution in [0.2, 0.25) is 0 Å². The number of aromatic nitrogens is 4. The van der Waals surface area contributed by atoms with Gasteiger partial charge in [0.15, 0.2) is 5.03 Å². The van der Waals surface area contributed by atoms with Gasteiger partial charge in [0.05, 0.1) is 17.9 Å². The summed E-state index contributed by atoms with van der Waals surface area (Å²) in [6, 6.07) is -0.0222. The average Bonchev–Trinajstić information content (AvgIpc) is 3.19. The lowest BCUT2D eigenvalue weighted by Crippen LogP contribution is -2.50. The smallest absolute Gasteiger partial charge is 0.262 e. The SMILES string of the molecule is Cc1nc(S(=O)(=O)N2CC(n3cc(N4CCCC4=O)cn3)C2)cn1C. The molecule has 1 amide bonds. The van der Waals surface area contributed by atoms with Gasteiger partial charge in [-0.05, 0) is 13.3 Å². The number of hydrogen-bond donors (Lipinski definition) is 0. The quantitative estimate of drug-likeness (QED) is 0.778. The van der Waals surface area contributed by atoms with Gasteiger partial charge < -0.3 is 9.47 Å². The molecule has 4 heterocycles. The average molecular weight is 364 g/mol. The minimum Gasteiger partial charge on any atom is -0.337 e. The van der Waals surface area contributed by atoms with Crippen LogP contribution in [-0.2, 0) is 21.9 Å². The lowest BCUT2D eigenvalue weighted by Gasteiger charge is -2.37. The molecule has 4 rings (SSSR count). The summed E-state index contributed by atoms with van der Waals surface area (Å²) in [6.07, 6.45) is 6.46. The van der Waals surface area contributed by atoms with E-state index in [1.165, 1.54) is 10.5 Å². The summed E-state index contributed by atoms with van der Waals surface area (Å²) >= 11 is 0. The van der Waals surface area contributed by atoms with E-state index in [-0.39, 0.29) is 17.0 Å². The van der Waals surface area contributed by atoms with E-state index in [1.54, 1.807) is 34.3 Å². The van der Waals surface area contributed by atoms with Gasteiger partial charge in [-0.1, -0.05) is 0 Å². The molecule has 9 nitrogen and oxygen atoms in total. The zero-order valence-corrected chi connectivity index (χ0v) is 15.0. The largest absolute Gasteiger partial charge is 0.337 e. The Hall–Kier alpha value is -2.20. The zero-order chi connectivity index (χ0) is 17.8. The topological polar surface area (TPSA) is 93.3 Å². The highest BCUT2D eigenvalue weighted by atomic mass is 32.2. The summed E-state index contributed by atoms with van der Waals surface area (Å²) in [5, 5.41) is 4.38. The molecule has 0 unspecified atom stereocenters. The fraction of sp³-hybridized carbons (Fsp3) is 0.533. The second-order valence-corrected chi connectivity index (χ2v) is 8.43. The van der Waals surface area contributed by atoms with Gasteiger partial charge >= 0.3 is 0 Å². The van der Waals surface area contributed by atoms with E-state index in [9.17, 15) is 13.2 Å². The Morgan fingerprint density at radius 2 is 2.00 bits per heavy atom. The van der Waals surface area contributed by atoms with E-state index in [0.29, 0.717) is 31.9 Å². The second-order valence-electron chi connectivity index (χ2n) is 6.54. The number of carbonyl (C=O) groups excluding carboxylic acids is 1. The Kier molecular flexibility index (Phi) is 3.69. The van der Waals surface area contributed by atoms with E-state index in [1.807, 2.05) is 6.20 Å². The highest BCUT2D eigenvalue weighted by Crippen LogP contribution is 2.29. The van der Waals surface area contributed by atoms with Crippen LogP contribution in [0.5, 0.6) is 0 Å². The van der Waals surface area contributed by atoms with Crippen LogP contribution in [0.1, 0.15) is 24.7 Å². The summed E-state index contributed by atoms with van der Waals surface area (Å²) < 4.78 is 30.0. The van der Waals surface area contributed by atoms with E-state index < -0.39 is 10.0 Å². The third-order valence-corrected chi connectivity index (χ3v) is 6.57. The molecule has 0 spiro atoms. The first-order valence-corrected chi connectivity index (χ1v) is 9.65. The summed E-state index contributed by atoms with van der Waals surface area (Å²) in [6.45, 7) is 3.19. The number of anilines is 1. The second kappa shape index (κ2) is 5.67. The molecule has 134 valence electrons. The predicted octanol–water partition coefficient (Wildman–Crippen LogP) is 0.297. The van der Waals surface area contributed by atoms with Gasteiger partial charge in [-0.3, -0.25) is 9.48 Å². The van der Waals surface area contributed by atoms with Gasteiger partial charge in [-0.25, -0.2) is 13.4 Å². The lowest BCUT2D eigenvalue weighted by atomic mass is 10.2. The van der Waals surface area contributed by atoms with E-state index >= 15 is 0 Å². The van der Waals surface area contributed by atoms with Crippen LogP contribution in [0.3, 0.4) is 0 Å². The minimum atomic E-state index is -3.57. The summed E-state index contributed by atoms with van der Waals surface area (Å²) in [5.41, 5.74) is 0.782. The fourth-order valence-corrected chi connectivity index (χ4v) is 4.69. The standard InChI is InChI=1S/C15H20N6O3S/c1-11-17-14(10-18(11)2)25(23,24)19-7-13(8-19)21-9-12(6-16-21)20-5-3-4-15(20)22/h6,9-10,13H,3-5,7-8H2,1-2H3. The fourth-order valence-electron chi connectivity index (χ4n) is 3.15. The molecule has 2 aliphatic heterocycles. The van der Waals surface area contributed by atoms with E-state index in [4.69, 9.17) is 0 Å². The van der Waals surface area contributed by atoms with Gasteiger partial charge in [0.1, 0.15) is 5.82 Å². The van der Waals surface area contributed by atoms with E-state index in [0.717, 1.165) is 12.1 Å². The summed E-state index contributed by atoms with van der Waals surface area (Å²) in [7, 11) is -1.80. The number of rotatable bonds is 4. The van der Waals surface area contributed by atoms with Gasteiger partial charge in [0, 0.05) is 45.5 Å². The molecule has 25 heavy (non-hydrogen) atoms. The molecule has 2 fully saturated rings. The molecule has 0 N–H and O–H groups in total. The number of nitrogens with zero attached hydrogens (tertiary/aromatic N) is 6.